The van der Waals surface area contributed by atoms with Gasteiger partial charge >= 0.3 is 5.69 Å². The maximum absolute atomic E-state index is 14.1. The lowest BCUT2D eigenvalue weighted by Crippen LogP contribution is -2.38. The molecule has 0 saturated heterocycles. The van der Waals surface area contributed by atoms with E-state index in [2.05, 4.69) is 10.1 Å². The lowest BCUT2D eigenvalue weighted by Gasteiger charge is -2.25. The summed E-state index contributed by atoms with van der Waals surface area (Å²) in [6.45, 7) is 2.38. The van der Waals surface area contributed by atoms with E-state index in [4.69, 9.17) is 0 Å². The van der Waals surface area contributed by atoms with Crippen LogP contribution in [0.4, 0.5) is 10.3 Å². The van der Waals surface area contributed by atoms with E-state index in [1.54, 1.807) is 34.8 Å². The van der Waals surface area contributed by atoms with E-state index in [1.165, 1.54) is 17.7 Å². The summed E-state index contributed by atoms with van der Waals surface area (Å²) in [5, 5.41) is 6.02. The van der Waals surface area contributed by atoms with E-state index in [-0.39, 0.29) is 18.0 Å². The fourth-order valence-electron chi connectivity index (χ4n) is 3.19. The first kappa shape index (κ1) is 16.2. The zero-order chi connectivity index (χ0) is 18.6. The summed E-state index contributed by atoms with van der Waals surface area (Å²) in [4.78, 5) is 29.3. The lowest BCUT2D eigenvalue weighted by atomic mass is 10.2. The van der Waals surface area contributed by atoms with Gasteiger partial charge in [0.2, 0.25) is 5.95 Å². The van der Waals surface area contributed by atoms with E-state index in [1.807, 2.05) is 6.92 Å². The van der Waals surface area contributed by atoms with Crippen LogP contribution < -0.4 is 16.3 Å². The molecule has 0 spiro atoms. The van der Waals surface area contributed by atoms with Crippen molar-refractivity contribution >= 4 is 22.8 Å². The molecular formula is C17H17FN6O2. The third-order valence-corrected chi connectivity index (χ3v) is 4.51. The molecule has 0 atom stereocenters. The van der Waals surface area contributed by atoms with Crippen LogP contribution in [0.3, 0.4) is 0 Å². The topological polar surface area (TPSA) is 77.4 Å². The molecule has 0 radical (unpaired) electrons. The number of anilines is 1. The number of nitrogens with zero attached hydrogens (tertiary/aromatic N) is 6. The van der Waals surface area contributed by atoms with Gasteiger partial charge in [-0.15, -0.1) is 0 Å². The van der Waals surface area contributed by atoms with Crippen LogP contribution in [0, 0.1) is 5.82 Å². The minimum absolute atomic E-state index is 0.168. The molecule has 0 aliphatic carbocycles. The van der Waals surface area contributed by atoms with Gasteiger partial charge in [-0.2, -0.15) is 10.1 Å². The predicted octanol–water partition coefficient (Wildman–Crippen LogP) is 0.969. The van der Waals surface area contributed by atoms with Gasteiger partial charge in [-0.3, -0.25) is 18.5 Å². The average Bonchev–Trinajstić information content (AvgIpc) is 2.99. The first-order chi connectivity index (χ1) is 12.4. The summed E-state index contributed by atoms with van der Waals surface area (Å²) in [5.41, 5.74) is 0.975. The molecule has 0 saturated carbocycles. The van der Waals surface area contributed by atoms with E-state index < -0.39 is 11.2 Å². The zero-order valence-electron chi connectivity index (χ0n) is 14.6. The fourth-order valence-corrected chi connectivity index (χ4v) is 3.19. The number of hydrogen-bond acceptors (Lipinski definition) is 5. The molecule has 4 rings (SSSR count). The highest BCUT2D eigenvalue weighted by Crippen LogP contribution is 2.25. The highest BCUT2D eigenvalue weighted by molar-refractivity contribution is 5.87. The summed E-state index contributed by atoms with van der Waals surface area (Å²) in [7, 11) is 3.00. The van der Waals surface area contributed by atoms with Crippen molar-refractivity contribution in [1.82, 2.24) is 18.7 Å². The van der Waals surface area contributed by atoms with Crippen LogP contribution in [0.1, 0.15) is 12.5 Å². The van der Waals surface area contributed by atoms with Crippen molar-refractivity contribution in [1.29, 1.82) is 0 Å². The van der Waals surface area contributed by atoms with Crippen LogP contribution >= 0.6 is 0 Å². The molecule has 1 aliphatic rings. The lowest BCUT2D eigenvalue weighted by molar-refractivity contribution is 0.600. The second-order valence-corrected chi connectivity index (χ2v) is 6.36. The van der Waals surface area contributed by atoms with Crippen LogP contribution in [0.5, 0.6) is 0 Å². The maximum atomic E-state index is 14.1. The second-order valence-electron chi connectivity index (χ2n) is 6.36. The molecule has 0 N–H and O–H groups in total. The van der Waals surface area contributed by atoms with Gasteiger partial charge in [0.25, 0.3) is 5.56 Å². The zero-order valence-corrected chi connectivity index (χ0v) is 14.6. The molecule has 1 aromatic carbocycles. The van der Waals surface area contributed by atoms with E-state index in [0.717, 1.165) is 10.3 Å². The molecule has 0 unspecified atom stereocenters. The summed E-state index contributed by atoms with van der Waals surface area (Å²) >= 11 is 0. The molecule has 0 fully saturated rings. The molecule has 2 aromatic heterocycles. The van der Waals surface area contributed by atoms with E-state index in [9.17, 15) is 14.0 Å². The van der Waals surface area contributed by atoms with Crippen molar-refractivity contribution in [2.45, 2.75) is 20.0 Å². The van der Waals surface area contributed by atoms with Crippen molar-refractivity contribution < 1.29 is 4.39 Å². The van der Waals surface area contributed by atoms with E-state index >= 15 is 0 Å². The molecule has 9 heteroatoms. The van der Waals surface area contributed by atoms with Crippen LogP contribution in [0.2, 0.25) is 0 Å². The number of rotatable bonds is 2. The molecule has 26 heavy (non-hydrogen) atoms. The maximum Gasteiger partial charge on any atom is 0.332 e. The summed E-state index contributed by atoms with van der Waals surface area (Å²) in [6.07, 6.45) is 0. The Morgan fingerprint density at radius 1 is 1.15 bits per heavy atom. The molecule has 3 heterocycles. The normalized spacial score (nSPS) is 13.8. The van der Waals surface area contributed by atoms with Gasteiger partial charge in [-0.1, -0.05) is 18.2 Å². The number of aromatic nitrogens is 4. The molecule has 1 aliphatic heterocycles. The standard InChI is InChI=1S/C17H17FN6O2/c1-10-8-23-13-14(21(2)17(26)22(3)15(13)25)19-16(23)24(20-10)9-11-6-4-5-7-12(11)18/h4-7H,8-9H2,1-3H3. The minimum Gasteiger partial charge on any atom is -0.297 e. The number of aryl methyl sites for hydroxylation is 1. The molecule has 0 bridgehead atoms. The van der Waals surface area contributed by atoms with E-state index in [0.29, 0.717) is 23.6 Å². The van der Waals surface area contributed by atoms with Crippen molar-refractivity contribution in [2.24, 2.45) is 19.2 Å². The molecule has 3 aromatic rings. The Morgan fingerprint density at radius 3 is 2.62 bits per heavy atom. The largest absolute Gasteiger partial charge is 0.332 e. The fraction of sp³-hybridized carbons (Fsp3) is 0.294. The van der Waals surface area contributed by atoms with Gasteiger partial charge in [0.1, 0.15) is 5.82 Å². The quantitative estimate of drug-likeness (QED) is 0.686. The monoisotopic (exact) mass is 356 g/mol. The minimum atomic E-state index is -0.448. The molecule has 0 amide bonds. The van der Waals surface area contributed by atoms with Crippen molar-refractivity contribution in [3.63, 3.8) is 0 Å². The van der Waals surface area contributed by atoms with Gasteiger partial charge in [-0.25, -0.2) is 14.2 Å². The van der Waals surface area contributed by atoms with Crippen molar-refractivity contribution in [3.8, 4) is 0 Å². The van der Waals surface area contributed by atoms with Crippen LogP contribution in [-0.4, -0.2) is 24.4 Å². The average molecular weight is 356 g/mol. The first-order valence-corrected chi connectivity index (χ1v) is 8.09. The molecule has 8 nitrogen and oxygen atoms in total. The van der Waals surface area contributed by atoms with Gasteiger partial charge in [0, 0.05) is 19.7 Å². The third-order valence-electron chi connectivity index (χ3n) is 4.51. The number of benzene rings is 1. The van der Waals surface area contributed by atoms with Crippen molar-refractivity contribution in [3.05, 3.63) is 56.5 Å². The highest BCUT2D eigenvalue weighted by Gasteiger charge is 2.26. The number of imidazole rings is 1. The number of hydrazone groups is 1. The summed E-state index contributed by atoms with van der Waals surface area (Å²) in [5.74, 6) is 0.0732. The summed E-state index contributed by atoms with van der Waals surface area (Å²) < 4.78 is 18.2. The first-order valence-electron chi connectivity index (χ1n) is 8.09. The Balaban J connectivity index is 1.94. The predicted molar refractivity (Wildman–Crippen MR) is 95.9 cm³/mol. The SMILES string of the molecule is CC1=NN(Cc2ccccc2F)c2nc3c(c(=O)n(C)c(=O)n3C)n2C1. The Bertz CT molecular complexity index is 1190. The van der Waals surface area contributed by atoms with Gasteiger partial charge < -0.3 is 0 Å². The Morgan fingerprint density at radius 2 is 1.88 bits per heavy atom. The third kappa shape index (κ3) is 2.27. The van der Waals surface area contributed by atoms with Gasteiger partial charge in [0.05, 0.1) is 18.8 Å². The van der Waals surface area contributed by atoms with Crippen LogP contribution in [0.25, 0.3) is 11.2 Å². The Kier molecular flexibility index (Phi) is 3.53. The van der Waals surface area contributed by atoms with Crippen LogP contribution in [-0.2, 0) is 27.2 Å². The van der Waals surface area contributed by atoms with Gasteiger partial charge in [0.15, 0.2) is 11.2 Å². The number of fused-ring (bicyclic) bond motifs is 3. The Hall–Kier alpha value is -3.23. The number of hydrogen-bond donors (Lipinski definition) is 0. The number of halogens is 1. The Labute approximate surface area is 147 Å². The molecular weight excluding hydrogens is 339 g/mol. The second kappa shape index (κ2) is 5.65. The van der Waals surface area contributed by atoms with Gasteiger partial charge in [-0.05, 0) is 13.0 Å². The van der Waals surface area contributed by atoms with Crippen LogP contribution in [0.15, 0.2) is 39.0 Å². The highest BCUT2D eigenvalue weighted by atomic mass is 19.1. The smallest absolute Gasteiger partial charge is 0.297 e. The summed E-state index contributed by atoms with van der Waals surface area (Å²) in [6, 6.07) is 6.44. The molecule has 134 valence electrons. The van der Waals surface area contributed by atoms with Crippen molar-refractivity contribution in [2.75, 3.05) is 5.01 Å².